The highest BCUT2D eigenvalue weighted by Gasteiger charge is 2.26. The normalized spacial score (nSPS) is 11.2. The Morgan fingerprint density at radius 2 is 1.68 bits per heavy atom. The van der Waals surface area contributed by atoms with Gasteiger partial charge in [-0.1, -0.05) is 39.0 Å². The monoisotopic (exact) mass is 412 g/mol. The number of methoxy groups -OCH3 is 1. The number of hydrogen-bond acceptors (Lipinski definition) is 5. The van der Waals surface area contributed by atoms with Crippen LogP contribution in [0.5, 0.6) is 17.2 Å². The number of nitrogens with one attached hydrogen (secondary N) is 1. The molecule has 0 amide bonds. The van der Waals surface area contributed by atoms with Crippen LogP contribution in [0.1, 0.15) is 31.9 Å². The summed E-state index contributed by atoms with van der Waals surface area (Å²) < 4.78 is 13.4. The molecule has 0 spiro atoms. The molecule has 31 heavy (non-hydrogen) atoms. The summed E-state index contributed by atoms with van der Waals surface area (Å²) in [6, 6.07) is 19.5. The van der Waals surface area contributed by atoms with Crippen molar-refractivity contribution < 1.29 is 9.47 Å². The molecule has 0 fully saturated rings. The van der Waals surface area contributed by atoms with E-state index in [9.17, 15) is 5.26 Å². The van der Waals surface area contributed by atoms with Gasteiger partial charge in [-0.15, -0.1) is 0 Å². The van der Waals surface area contributed by atoms with E-state index < -0.39 is 0 Å². The van der Waals surface area contributed by atoms with E-state index in [-0.39, 0.29) is 5.41 Å². The first-order valence-corrected chi connectivity index (χ1v) is 9.99. The minimum atomic E-state index is -0.139. The van der Waals surface area contributed by atoms with Crippen molar-refractivity contribution in [1.82, 2.24) is 9.61 Å². The topological polar surface area (TPSA) is 71.6 Å². The zero-order valence-corrected chi connectivity index (χ0v) is 18.0. The van der Waals surface area contributed by atoms with Crippen LogP contribution in [0, 0.1) is 11.3 Å². The molecule has 0 bridgehead atoms. The third-order valence-corrected chi connectivity index (χ3v) is 4.99. The van der Waals surface area contributed by atoms with E-state index in [2.05, 4.69) is 37.3 Å². The van der Waals surface area contributed by atoms with Crippen LogP contribution in [0.25, 0.3) is 5.52 Å². The summed E-state index contributed by atoms with van der Waals surface area (Å²) in [5, 5.41) is 17.5. The molecule has 4 rings (SSSR count). The van der Waals surface area contributed by atoms with Gasteiger partial charge in [0.25, 0.3) is 0 Å². The lowest BCUT2D eigenvalue weighted by molar-refractivity contribution is 0.404. The Kier molecular flexibility index (Phi) is 5.26. The molecule has 0 unspecified atom stereocenters. The molecule has 0 aliphatic heterocycles. The van der Waals surface area contributed by atoms with Gasteiger partial charge >= 0.3 is 0 Å². The van der Waals surface area contributed by atoms with Gasteiger partial charge in [0, 0.05) is 17.4 Å². The van der Waals surface area contributed by atoms with Crippen LogP contribution >= 0.6 is 0 Å². The van der Waals surface area contributed by atoms with E-state index in [4.69, 9.17) is 9.47 Å². The minimum Gasteiger partial charge on any atom is -0.494 e. The first-order chi connectivity index (χ1) is 14.9. The fraction of sp³-hybridized carbons (Fsp3) is 0.200. The largest absolute Gasteiger partial charge is 0.494 e. The molecule has 0 aliphatic carbocycles. The van der Waals surface area contributed by atoms with Crippen LogP contribution in [0.4, 0.5) is 11.4 Å². The van der Waals surface area contributed by atoms with Gasteiger partial charge in [0.1, 0.15) is 23.1 Å². The van der Waals surface area contributed by atoms with Crippen molar-refractivity contribution in [2.75, 3.05) is 12.4 Å². The SMILES string of the molecule is COc1c(C(C)(C)C)cn2ncc(C#N)c(Nc3ccc(Oc4ccccc4)cc3)c12. The fourth-order valence-corrected chi connectivity index (χ4v) is 3.44. The van der Waals surface area contributed by atoms with Crippen LogP contribution in [-0.4, -0.2) is 16.7 Å². The predicted molar refractivity (Wildman–Crippen MR) is 121 cm³/mol. The molecule has 2 aromatic heterocycles. The number of nitrogens with zero attached hydrogens (tertiary/aromatic N) is 3. The van der Waals surface area contributed by atoms with Gasteiger partial charge < -0.3 is 14.8 Å². The standard InChI is InChI=1S/C25H24N4O2/c1-25(2,3)21-16-29-23(24(21)30-4)22(17(14-26)15-27-29)28-18-10-12-20(13-11-18)31-19-8-6-5-7-9-19/h5-13,15-16,28H,1-4H3. The number of hydrogen-bond donors (Lipinski definition) is 1. The average Bonchev–Trinajstić information content (AvgIpc) is 3.16. The maximum Gasteiger partial charge on any atom is 0.151 e. The Bertz CT molecular complexity index is 1250. The third kappa shape index (κ3) is 4.03. The molecule has 0 atom stereocenters. The van der Waals surface area contributed by atoms with Crippen molar-refractivity contribution in [1.29, 1.82) is 5.26 Å². The first-order valence-electron chi connectivity index (χ1n) is 9.99. The van der Waals surface area contributed by atoms with Gasteiger partial charge in [-0.3, -0.25) is 0 Å². The molecule has 4 aromatic rings. The summed E-state index contributed by atoms with van der Waals surface area (Å²) in [5.41, 5.74) is 3.53. The summed E-state index contributed by atoms with van der Waals surface area (Å²) in [6.45, 7) is 6.36. The molecule has 2 heterocycles. The average molecular weight is 412 g/mol. The Balaban J connectivity index is 1.72. The number of benzene rings is 2. The lowest BCUT2D eigenvalue weighted by atomic mass is 9.88. The molecule has 0 saturated carbocycles. The molecule has 1 N–H and O–H groups in total. The second kappa shape index (κ2) is 8.04. The molecule has 0 aliphatic rings. The molecule has 0 saturated heterocycles. The predicted octanol–water partition coefficient (Wildman–Crippen LogP) is 6.05. The highest BCUT2D eigenvalue weighted by molar-refractivity contribution is 5.87. The van der Waals surface area contributed by atoms with E-state index in [1.54, 1.807) is 17.8 Å². The molecular formula is C25H24N4O2. The Morgan fingerprint density at radius 1 is 1.00 bits per heavy atom. The third-order valence-electron chi connectivity index (χ3n) is 4.99. The van der Waals surface area contributed by atoms with Crippen molar-refractivity contribution >= 4 is 16.9 Å². The Labute approximate surface area is 181 Å². The van der Waals surface area contributed by atoms with Crippen molar-refractivity contribution in [3.05, 3.63) is 78.1 Å². The van der Waals surface area contributed by atoms with Crippen molar-refractivity contribution in [2.24, 2.45) is 0 Å². The number of para-hydroxylation sites is 1. The molecular weight excluding hydrogens is 388 g/mol. The quantitative estimate of drug-likeness (QED) is 0.432. The van der Waals surface area contributed by atoms with Crippen LogP contribution in [-0.2, 0) is 5.41 Å². The zero-order chi connectivity index (χ0) is 22.0. The number of anilines is 2. The number of ether oxygens (including phenoxy) is 2. The smallest absolute Gasteiger partial charge is 0.151 e. The van der Waals surface area contributed by atoms with Gasteiger partial charge in [-0.25, -0.2) is 4.52 Å². The van der Waals surface area contributed by atoms with E-state index >= 15 is 0 Å². The van der Waals surface area contributed by atoms with E-state index in [0.29, 0.717) is 17.0 Å². The maximum absolute atomic E-state index is 9.69. The molecule has 6 heteroatoms. The number of fused-ring (bicyclic) bond motifs is 1. The second-order valence-electron chi connectivity index (χ2n) is 8.23. The van der Waals surface area contributed by atoms with Gasteiger partial charge in [0.15, 0.2) is 5.75 Å². The van der Waals surface area contributed by atoms with E-state index in [1.807, 2.05) is 60.8 Å². The first kappa shape index (κ1) is 20.3. The van der Waals surface area contributed by atoms with Gasteiger partial charge in [-0.05, 0) is 41.8 Å². The Morgan fingerprint density at radius 3 is 2.29 bits per heavy atom. The zero-order valence-electron chi connectivity index (χ0n) is 18.0. The van der Waals surface area contributed by atoms with E-state index in [0.717, 1.165) is 28.3 Å². The Hall–Kier alpha value is -3.98. The highest BCUT2D eigenvalue weighted by atomic mass is 16.5. The fourth-order valence-electron chi connectivity index (χ4n) is 3.44. The van der Waals surface area contributed by atoms with Gasteiger partial charge in [-0.2, -0.15) is 10.4 Å². The van der Waals surface area contributed by atoms with Crippen LogP contribution in [0.3, 0.4) is 0 Å². The molecule has 2 aromatic carbocycles. The maximum atomic E-state index is 9.69. The second-order valence-corrected chi connectivity index (χ2v) is 8.23. The van der Waals surface area contributed by atoms with Crippen LogP contribution < -0.4 is 14.8 Å². The number of aromatic nitrogens is 2. The number of rotatable bonds is 5. The van der Waals surface area contributed by atoms with Crippen LogP contribution in [0.15, 0.2) is 67.0 Å². The molecule has 6 nitrogen and oxygen atoms in total. The van der Waals surface area contributed by atoms with E-state index in [1.165, 1.54) is 0 Å². The number of nitriles is 1. The van der Waals surface area contributed by atoms with Crippen LogP contribution in [0.2, 0.25) is 0 Å². The van der Waals surface area contributed by atoms with Gasteiger partial charge in [0.05, 0.1) is 24.6 Å². The summed E-state index contributed by atoms with van der Waals surface area (Å²) in [4.78, 5) is 0. The lowest BCUT2D eigenvalue weighted by Gasteiger charge is -2.18. The highest BCUT2D eigenvalue weighted by Crippen LogP contribution is 2.40. The summed E-state index contributed by atoms with van der Waals surface area (Å²) in [6.07, 6.45) is 3.52. The van der Waals surface area contributed by atoms with Gasteiger partial charge in [0.2, 0.25) is 0 Å². The summed E-state index contributed by atoms with van der Waals surface area (Å²) in [5.74, 6) is 2.22. The minimum absolute atomic E-state index is 0.139. The molecule has 0 radical (unpaired) electrons. The van der Waals surface area contributed by atoms with Crippen molar-refractivity contribution in [2.45, 2.75) is 26.2 Å². The summed E-state index contributed by atoms with van der Waals surface area (Å²) >= 11 is 0. The summed E-state index contributed by atoms with van der Waals surface area (Å²) in [7, 11) is 1.64. The lowest BCUT2D eigenvalue weighted by Crippen LogP contribution is -2.11. The van der Waals surface area contributed by atoms with Crippen molar-refractivity contribution in [3.63, 3.8) is 0 Å². The van der Waals surface area contributed by atoms with Crippen molar-refractivity contribution in [3.8, 4) is 23.3 Å². The molecule has 156 valence electrons.